The molecule has 0 N–H and O–H groups in total. The first kappa shape index (κ1) is 15.3. The van der Waals surface area contributed by atoms with E-state index in [0.717, 1.165) is 22.9 Å². The van der Waals surface area contributed by atoms with Crippen molar-refractivity contribution in [2.45, 2.75) is 12.1 Å². The largest absolute Gasteiger partial charge is 0.497 e. The van der Waals surface area contributed by atoms with E-state index in [0.29, 0.717) is 17.2 Å². The number of thioether (sulfide) groups is 1. The zero-order valence-corrected chi connectivity index (χ0v) is 13.5. The van der Waals surface area contributed by atoms with Crippen molar-refractivity contribution >= 4 is 16.9 Å². The van der Waals surface area contributed by atoms with Gasteiger partial charge in [-0.2, -0.15) is 0 Å². The zero-order chi connectivity index (χ0) is 16.2. The van der Waals surface area contributed by atoms with Crippen LogP contribution in [0, 0.1) is 6.92 Å². The van der Waals surface area contributed by atoms with Gasteiger partial charge in [-0.25, -0.2) is 0 Å². The van der Waals surface area contributed by atoms with E-state index in [1.807, 2.05) is 31.2 Å². The van der Waals surface area contributed by atoms with Crippen molar-refractivity contribution < 1.29 is 13.9 Å². The maximum absolute atomic E-state index is 12.3. The van der Waals surface area contributed by atoms with Crippen molar-refractivity contribution in [1.29, 1.82) is 0 Å². The molecule has 0 spiro atoms. The molecule has 0 saturated carbocycles. The fourth-order valence-corrected chi connectivity index (χ4v) is 2.56. The third kappa shape index (κ3) is 3.60. The van der Waals surface area contributed by atoms with Gasteiger partial charge < -0.3 is 9.15 Å². The third-order valence-corrected chi connectivity index (χ3v) is 3.95. The predicted octanol–water partition coefficient (Wildman–Crippen LogP) is 3.99. The standard InChI is InChI=1S/C17H14N2O3S/c1-11-6-8-12(9-7-11)15-18-19-17(22-15)23-16(20)13-4-3-5-14(10-13)21-2/h3-10H,1-2H3. The Kier molecular flexibility index (Phi) is 4.43. The van der Waals surface area contributed by atoms with Crippen LogP contribution in [0.25, 0.3) is 11.5 Å². The van der Waals surface area contributed by atoms with Gasteiger partial charge in [-0.05, 0) is 31.2 Å². The van der Waals surface area contributed by atoms with Gasteiger partial charge in [-0.15, -0.1) is 10.2 Å². The molecule has 0 amide bonds. The summed E-state index contributed by atoms with van der Waals surface area (Å²) in [5.41, 5.74) is 2.49. The van der Waals surface area contributed by atoms with Crippen LogP contribution in [0.5, 0.6) is 5.75 Å². The Morgan fingerprint density at radius 1 is 1.13 bits per heavy atom. The SMILES string of the molecule is COc1cccc(C(=O)Sc2nnc(-c3ccc(C)cc3)o2)c1. The molecule has 1 heterocycles. The first-order valence-electron chi connectivity index (χ1n) is 6.92. The summed E-state index contributed by atoms with van der Waals surface area (Å²) in [5, 5.41) is 7.94. The second kappa shape index (κ2) is 6.66. The maximum Gasteiger partial charge on any atom is 0.284 e. The quantitative estimate of drug-likeness (QED) is 0.676. The molecule has 1 aromatic heterocycles. The molecule has 0 fully saturated rings. The number of aryl methyl sites for hydroxylation is 1. The minimum atomic E-state index is -0.178. The Bertz CT molecular complexity index is 828. The Labute approximate surface area is 137 Å². The van der Waals surface area contributed by atoms with E-state index in [4.69, 9.17) is 9.15 Å². The highest BCUT2D eigenvalue weighted by molar-refractivity contribution is 8.14. The first-order chi connectivity index (χ1) is 11.2. The van der Waals surface area contributed by atoms with Gasteiger partial charge in [0.25, 0.3) is 5.22 Å². The lowest BCUT2D eigenvalue weighted by atomic mass is 10.1. The van der Waals surface area contributed by atoms with E-state index >= 15 is 0 Å². The molecule has 23 heavy (non-hydrogen) atoms. The van der Waals surface area contributed by atoms with Gasteiger partial charge in [-0.3, -0.25) is 4.79 Å². The fraction of sp³-hybridized carbons (Fsp3) is 0.118. The molecule has 0 aliphatic carbocycles. The number of carbonyl (C=O) groups excluding carboxylic acids is 1. The molecule has 0 aliphatic heterocycles. The molecule has 0 unspecified atom stereocenters. The highest BCUT2D eigenvalue weighted by Gasteiger charge is 2.15. The van der Waals surface area contributed by atoms with Crippen LogP contribution in [0.3, 0.4) is 0 Å². The number of aromatic nitrogens is 2. The molecule has 0 aliphatic rings. The van der Waals surface area contributed by atoms with E-state index in [1.54, 1.807) is 31.4 Å². The van der Waals surface area contributed by atoms with Crippen LogP contribution in [-0.4, -0.2) is 22.4 Å². The zero-order valence-electron chi connectivity index (χ0n) is 12.6. The summed E-state index contributed by atoms with van der Waals surface area (Å²) in [6.45, 7) is 2.01. The lowest BCUT2D eigenvalue weighted by Gasteiger charge is -2.01. The summed E-state index contributed by atoms with van der Waals surface area (Å²) in [5.74, 6) is 1.02. The first-order valence-corrected chi connectivity index (χ1v) is 7.74. The van der Waals surface area contributed by atoms with Gasteiger partial charge in [0.2, 0.25) is 11.0 Å². The number of ether oxygens (including phenoxy) is 1. The normalized spacial score (nSPS) is 10.5. The highest BCUT2D eigenvalue weighted by Crippen LogP contribution is 2.26. The van der Waals surface area contributed by atoms with Crippen LogP contribution in [0.2, 0.25) is 0 Å². The third-order valence-electron chi connectivity index (χ3n) is 3.19. The van der Waals surface area contributed by atoms with Crippen LogP contribution in [0.15, 0.2) is 58.2 Å². The van der Waals surface area contributed by atoms with Crippen molar-refractivity contribution in [3.8, 4) is 17.2 Å². The molecule has 0 radical (unpaired) electrons. The number of hydrogen-bond donors (Lipinski definition) is 0. The Morgan fingerprint density at radius 3 is 2.65 bits per heavy atom. The van der Waals surface area contributed by atoms with Crippen molar-refractivity contribution in [3.63, 3.8) is 0 Å². The molecule has 0 saturated heterocycles. The maximum atomic E-state index is 12.3. The second-order valence-corrected chi connectivity index (χ2v) is 5.78. The van der Waals surface area contributed by atoms with Crippen molar-refractivity contribution in [2.75, 3.05) is 7.11 Å². The van der Waals surface area contributed by atoms with Gasteiger partial charge in [-0.1, -0.05) is 29.8 Å². The van der Waals surface area contributed by atoms with Crippen LogP contribution in [0.4, 0.5) is 0 Å². The van der Waals surface area contributed by atoms with Crippen LogP contribution in [0.1, 0.15) is 15.9 Å². The number of benzene rings is 2. The molecular formula is C17H14N2O3S. The van der Waals surface area contributed by atoms with Gasteiger partial charge in [0.1, 0.15) is 5.75 Å². The average Bonchev–Trinajstić information content (AvgIpc) is 3.04. The molecule has 3 aromatic rings. The summed E-state index contributed by atoms with van der Waals surface area (Å²) in [4.78, 5) is 12.3. The Hall–Kier alpha value is -2.60. The molecule has 0 bridgehead atoms. The second-order valence-electron chi connectivity index (χ2n) is 4.86. The van der Waals surface area contributed by atoms with Crippen molar-refractivity contribution in [3.05, 3.63) is 59.7 Å². The molecule has 2 aromatic carbocycles. The van der Waals surface area contributed by atoms with Crippen molar-refractivity contribution in [1.82, 2.24) is 10.2 Å². The Balaban J connectivity index is 1.75. The Morgan fingerprint density at radius 2 is 1.91 bits per heavy atom. The highest BCUT2D eigenvalue weighted by atomic mass is 32.2. The minimum absolute atomic E-state index is 0.178. The summed E-state index contributed by atoms with van der Waals surface area (Å²) in [6, 6.07) is 14.7. The van der Waals surface area contributed by atoms with E-state index in [1.165, 1.54) is 0 Å². The van der Waals surface area contributed by atoms with E-state index in [9.17, 15) is 4.79 Å². The topological polar surface area (TPSA) is 65.2 Å². The monoisotopic (exact) mass is 326 g/mol. The number of carbonyl (C=O) groups is 1. The van der Waals surface area contributed by atoms with E-state index < -0.39 is 0 Å². The van der Waals surface area contributed by atoms with Crippen LogP contribution < -0.4 is 4.74 Å². The van der Waals surface area contributed by atoms with Gasteiger partial charge in [0.15, 0.2) is 0 Å². The van der Waals surface area contributed by atoms with Crippen LogP contribution in [-0.2, 0) is 0 Å². The summed E-state index contributed by atoms with van der Waals surface area (Å²) in [7, 11) is 1.56. The summed E-state index contributed by atoms with van der Waals surface area (Å²) < 4.78 is 10.7. The lowest BCUT2D eigenvalue weighted by Crippen LogP contribution is -1.94. The number of hydrogen-bond acceptors (Lipinski definition) is 6. The minimum Gasteiger partial charge on any atom is -0.497 e. The smallest absolute Gasteiger partial charge is 0.284 e. The lowest BCUT2D eigenvalue weighted by molar-refractivity contribution is 0.108. The van der Waals surface area contributed by atoms with E-state index in [-0.39, 0.29) is 10.3 Å². The van der Waals surface area contributed by atoms with Gasteiger partial charge in [0.05, 0.1) is 7.11 Å². The number of rotatable bonds is 4. The fourth-order valence-electron chi connectivity index (χ4n) is 1.95. The molecule has 116 valence electrons. The predicted molar refractivity (Wildman–Crippen MR) is 87.7 cm³/mol. The molecule has 0 atom stereocenters. The average molecular weight is 326 g/mol. The van der Waals surface area contributed by atoms with Gasteiger partial charge in [0, 0.05) is 22.9 Å². The van der Waals surface area contributed by atoms with Crippen molar-refractivity contribution in [2.24, 2.45) is 0 Å². The molecule has 5 nitrogen and oxygen atoms in total. The van der Waals surface area contributed by atoms with E-state index in [2.05, 4.69) is 10.2 Å². The van der Waals surface area contributed by atoms with Crippen LogP contribution >= 0.6 is 11.8 Å². The molecule has 3 rings (SSSR count). The van der Waals surface area contributed by atoms with Gasteiger partial charge >= 0.3 is 0 Å². The number of nitrogens with zero attached hydrogens (tertiary/aromatic N) is 2. The summed E-state index contributed by atoms with van der Waals surface area (Å²) >= 11 is 0.900. The molecular weight excluding hydrogens is 312 g/mol. The molecule has 6 heteroatoms. The number of methoxy groups -OCH3 is 1. The summed E-state index contributed by atoms with van der Waals surface area (Å²) in [6.07, 6.45) is 0.